The Morgan fingerprint density at radius 3 is 2.68 bits per heavy atom. The van der Waals surface area contributed by atoms with Gasteiger partial charge in [-0.05, 0) is 24.6 Å². The molecule has 25 heavy (non-hydrogen) atoms. The molecule has 0 unspecified atom stereocenters. The molecule has 2 aromatic carbocycles. The summed E-state index contributed by atoms with van der Waals surface area (Å²) in [5.74, 6) is -0.874. The molecule has 7 heteroatoms. The Bertz CT molecular complexity index is 829. The number of primary amides is 1. The molecule has 0 aromatic heterocycles. The number of hydrogen-bond donors (Lipinski definition) is 2. The molecular formula is C18H17ClFN3O2. The van der Waals surface area contributed by atoms with Crippen molar-refractivity contribution >= 4 is 29.2 Å². The Balaban J connectivity index is 2.11. The molecule has 3 amide bonds. The molecule has 1 aliphatic rings. The van der Waals surface area contributed by atoms with Gasteiger partial charge in [-0.25, -0.2) is 9.18 Å². The Hall–Kier alpha value is -2.60. The maximum atomic E-state index is 14.4. The van der Waals surface area contributed by atoms with Crippen LogP contribution in [0.4, 0.5) is 14.9 Å². The molecule has 2 aromatic rings. The van der Waals surface area contributed by atoms with Gasteiger partial charge in [-0.3, -0.25) is 4.79 Å². The number of amides is 3. The van der Waals surface area contributed by atoms with Gasteiger partial charge < -0.3 is 16.0 Å². The Morgan fingerprint density at radius 2 is 2.04 bits per heavy atom. The van der Waals surface area contributed by atoms with E-state index in [0.29, 0.717) is 11.3 Å². The number of halogens is 2. The average Bonchev–Trinajstić information content (AvgIpc) is 2.56. The molecule has 0 aliphatic carbocycles. The van der Waals surface area contributed by atoms with Gasteiger partial charge in [-0.15, -0.1) is 0 Å². The minimum atomic E-state index is -0.924. The summed E-state index contributed by atoms with van der Waals surface area (Å²) >= 11 is 6.00. The number of hydrogen-bond acceptors (Lipinski definition) is 2. The van der Waals surface area contributed by atoms with Crippen LogP contribution in [-0.4, -0.2) is 18.0 Å². The number of nitrogens with zero attached hydrogens (tertiary/aromatic N) is 1. The largest absolute Gasteiger partial charge is 0.352 e. The second kappa shape index (κ2) is 6.72. The van der Waals surface area contributed by atoms with Crippen LogP contribution < -0.4 is 16.0 Å². The van der Waals surface area contributed by atoms with E-state index in [2.05, 4.69) is 5.32 Å². The van der Waals surface area contributed by atoms with E-state index >= 15 is 0 Å². The Kier molecular flexibility index (Phi) is 4.63. The zero-order valence-electron chi connectivity index (χ0n) is 13.5. The van der Waals surface area contributed by atoms with Gasteiger partial charge in [0.2, 0.25) is 0 Å². The van der Waals surface area contributed by atoms with Crippen molar-refractivity contribution in [1.82, 2.24) is 5.32 Å². The summed E-state index contributed by atoms with van der Waals surface area (Å²) in [7, 11) is 0. The first kappa shape index (κ1) is 17.2. The van der Waals surface area contributed by atoms with E-state index in [0.717, 1.165) is 5.56 Å². The zero-order chi connectivity index (χ0) is 18.1. The number of fused-ring (bicyclic) bond motifs is 1. The minimum Gasteiger partial charge on any atom is -0.352 e. The van der Waals surface area contributed by atoms with Gasteiger partial charge >= 0.3 is 6.03 Å². The normalized spacial score (nSPS) is 17.8. The molecule has 0 spiro atoms. The van der Waals surface area contributed by atoms with Gasteiger partial charge in [-0.2, -0.15) is 0 Å². The number of nitrogens with two attached hydrogens (primary N) is 1. The summed E-state index contributed by atoms with van der Waals surface area (Å²) in [6, 6.07) is 9.99. The van der Waals surface area contributed by atoms with Crippen molar-refractivity contribution in [2.24, 2.45) is 5.73 Å². The van der Waals surface area contributed by atoms with Gasteiger partial charge in [0.15, 0.2) is 0 Å². The predicted octanol–water partition coefficient (Wildman–Crippen LogP) is 3.17. The van der Waals surface area contributed by atoms with Gasteiger partial charge in [0, 0.05) is 17.0 Å². The highest BCUT2D eigenvalue weighted by molar-refractivity contribution is 6.31. The topological polar surface area (TPSA) is 75.4 Å². The van der Waals surface area contributed by atoms with Crippen LogP contribution in [0.2, 0.25) is 5.02 Å². The van der Waals surface area contributed by atoms with E-state index in [1.54, 1.807) is 6.07 Å². The van der Waals surface area contributed by atoms with Gasteiger partial charge in [-0.1, -0.05) is 41.9 Å². The summed E-state index contributed by atoms with van der Waals surface area (Å²) in [4.78, 5) is 25.6. The van der Waals surface area contributed by atoms with Crippen LogP contribution >= 0.6 is 11.6 Å². The Morgan fingerprint density at radius 1 is 1.36 bits per heavy atom. The molecule has 3 N–H and O–H groups in total. The highest BCUT2D eigenvalue weighted by atomic mass is 35.5. The fourth-order valence-corrected chi connectivity index (χ4v) is 3.35. The van der Waals surface area contributed by atoms with Crippen molar-refractivity contribution in [3.63, 3.8) is 0 Å². The summed E-state index contributed by atoms with van der Waals surface area (Å²) in [6.07, 6.45) is 0.0259. The lowest BCUT2D eigenvalue weighted by Crippen LogP contribution is -2.54. The average molecular weight is 362 g/mol. The first-order chi connectivity index (χ1) is 11.9. The van der Waals surface area contributed by atoms with Crippen molar-refractivity contribution in [3.8, 4) is 0 Å². The van der Waals surface area contributed by atoms with E-state index in [1.165, 1.54) is 11.0 Å². The third-order valence-corrected chi connectivity index (χ3v) is 4.54. The van der Waals surface area contributed by atoms with Crippen LogP contribution in [0, 0.1) is 5.82 Å². The second-order valence-electron chi connectivity index (χ2n) is 5.95. The van der Waals surface area contributed by atoms with E-state index in [1.807, 2.05) is 37.3 Å². The first-order valence-electron chi connectivity index (χ1n) is 7.80. The summed E-state index contributed by atoms with van der Waals surface area (Å²) in [6.45, 7) is 1.84. The maximum absolute atomic E-state index is 14.4. The molecule has 0 fully saturated rings. The summed E-state index contributed by atoms with van der Waals surface area (Å²) < 4.78 is 14.4. The fourth-order valence-electron chi connectivity index (χ4n) is 3.15. The molecule has 5 nitrogen and oxygen atoms in total. The number of carbonyl (C=O) groups is 2. The van der Waals surface area contributed by atoms with Gasteiger partial charge in [0.25, 0.3) is 5.91 Å². The van der Waals surface area contributed by atoms with Gasteiger partial charge in [0.1, 0.15) is 11.9 Å². The zero-order valence-corrected chi connectivity index (χ0v) is 14.3. The molecule has 0 radical (unpaired) electrons. The van der Waals surface area contributed by atoms with Crippen molar-refractivity contribution in [2.45, 2.75) is 25.4 Å². The van der Waals surface area contributed by atoms with E-state index < -0.39 is 17.9 Å². The highest BCUT2D eigenvalue weighted by Gasteiger charge is 2.38. The molecule has 0 saturated heterocycles. The lowest BCUT2D eigenvalue weighted by Gasteiger charge is -2.38. The number of urea groups is 1. The van der Waals surface area contributed by atoms with E-state index in [9.17, 15) is 14.0 Å². The standard InChI is InChI=1S/C18H17ClFN3O2/c1-10(11-5-3-2-4-6-11)23-16-8-12(19)7-14(20)13(16)9-15(17(23)24)22-18(21)25/h2-8,10,15H,9H2,1H3,(H3,21,22,25)/t10-,15+/m0/s1. The summed E-state index contributed by atoms with van der Waals surface area (Å²) in [5, 5.41) is 2.60. The third-order valence-electron chi connectivity index (χ3n) is 4.33. The lowest BCUT2D eigenvalue weighted by molar-refractivity contribution is -0.121. The molecule has 0 bridgehead atoms. The number of benzene rings is 2. The minimum absolute atomic E-state index is 0.0259. The first-order valence-corrected chi connectivity index (χ1v) is 8.18. The van der Waals surface area contributed by atoms with Crippen molar-refractivity contribution in [3.05, 3.63) is 64.4 Å². The van der Waals surface area contributed by atoms with E-state index in [4.69, 9.17) is 17.3 Å². The number of rotatable bonds is 3. The van der Waals surface area contributed by atoms with Crippen LogP contribution in [0.25, 0.3) is 0 Å². The van der Waals surface area contributed by atoms with Gasteiger partial charge in [0.05, 0.1) is 11.7 Å². The molecule has 3 rings (SSSR count). The van der Waals surface area contributed by atoms with Crippen molar-refractivity contribution in [1.29, 1.82) is 0 Å². The summed E-state index contributed by atoms with van der Waals surface area (Å²) in [5.41, 5.74) is 6.78. The number of carbonyl (C=O) groups excluding carboxylic acids is 2. The highest BCUT2D eigenvalue weighted by Crippen LogP contribution is 2.38. The predicted molar refractivity (Wildman–Crippen MR) is 94.0 cm³/mol. The van der Waals surface area contributed by atoms with Crippen molar-refractivity contribution < 1.29 is 14.0 Å². The molecule has 1 aliphatic heterocycles. The molecule has 0 saturated carbocycles. The van der Waals surface area contributed by atoms with Crippen LogP contribution in [0.1, 0.15) is 24.1 Å². The van der Waals surface area contributed by atoms with Crippen LogP contribution in [-0.2, 0) is 11.2 Å². The van der Waals surface area contributed by atoms with Crippen LogP contribution in [0.3, 0.4) is 0 Å². The quantitative estimate of drug-likeness (QED) is 0.881. The fraction of sp³-hybridized carbons (Fsp3) is 0.222. The van der Waals surface area contributed by atoms with E-state index in [-0.39, 0.29) is 23.4 Å². The van der Waals surface area contributed by atoms with Crippen molar-refractivity contribution in [2.75, 3.05) is 4.90 Å². The third kappa shape index (κ3) is 3.30. The van der Waals surface area contributed by atoms with Crippen LogP contribution in [0.15, 0.2) is 42.5 Å². The smallest absolute Gasteiger partial charge is 0.312 e. The monoisotopic (exact) mass is 361 g/mol. The molecule has 130 valence electrons. The Labute approximate surface area is 149 Å². The van der Waals surface area contributed by atoms with Crippen LogP contribution in [0.5, 0.6) is 0 Å². The molecular weight excluding hydrogens is 345 g/mol. The number of anilines is 1. The SMILES string of the molecule is C[C@@H](c1ccccc1)N1C(=O)[C@H](NC(N)=O)Cc2c(F)cc(Cl)cc21. The lowest BCUT2D eigenvalue weighted by atomic mass is 9.93. The molecule has 2 atom stereocenters. The molecule has 1 heterocycles. The second-order valence-corrected chi connectivity index (χ2v) is 6.38. The number of nitrogens with one attached hydrogen (secondary N) is 1. The maximum Gasteiger partial charge on any atom is 0.312 e.